The predicted octanol–water partition coefficient (Wildman–Crippen LogP) is -0.443. The molecule has 11 heavy (non-hydrogen) atoms. The van der Waals surface area contributed by atoms with E-state index in [1.807, 2.05) is 6.92 Å². The van der Waals surface area contributed by atoms with Crippen molar-refractivity contribution < 1.29 is 4.92 Å². The molecule has 0 aromatic carbocycles. The smallest absolute Gasteiger partial charge is 0.258 e. The number of pyridine rings is 1. The van der Waals surface area contributed by atoms with Crippen LogP contribution < -0.4 is 5.46 Å². The summed E-state index contributed by atoms with van der Waals surface area (Å²) < 4.78 is 0. The topological polar surface area (TPSA) is 56.0 Å². The van der Waals surface area contributed by atoms with Crippen LogP contribution in [-0.4, -0.2) is 17.8 Å². The van der Waals surface area contributed by atoms with Crippen LogP contribution in [0.4, 0.5) is 5.69 Å². The molecule has 0 N–H and O–H groups in total. The molecular formula is C6H7BN2O2. The fourth-order valence-corrected chi connectivity index (χ4v) is 0.728. The zero-order valence-corrected chi connectivity index (χ0v) is 6.37. The highest BCUT2D eigenvalue weighted by molar-refractivity contribution is 6.33. The van der Waals surface area contributed by atoms with E-state index >= 15 is 0 Å². The van der Waals surface area contributed by atoms with E-state index in [4.69, 9.17) is 0 Å². The number of hydrogen-bond acceptors (Lipinski definition) is 3. The first kappa shape index (κ1) is 7.72. The minimum absolute atomic E-state index is 0.0492. The lowest BCUT2D eigenvalue weighted by Crippen LogP contribution is -2.09. The molecule has 0 bridgehead atoms. The van der Waals surface area contributed by atoms with Crippen LogP contribution in [0.5, 0.6) is 0 Å². The summed E-state index contributed by atoms with van der Waals surface area (Å²) in [7, 11) is 1.80. The van der Waals surface area contributed by atoms with Gasteiger partial charge >= 0.3 is 0 Å². The maximum absolute atomic E-state index is 10.2. The molecule has 0 aliphatic carbocycles. The van der Waals surface area contributed by atoms with E-state index in [1.165, 1.54) is 12.3 Å². The number of aromatic nitrogens is 1. The Balaban J connectivity index is 3.15. The largest absolute Gasteiger partial charge is 0.287 e. The predicted molar refractivity (Wildman–Crippen MR) is 43.8 cm³/mol. The Kier molecular flexibility index (Phi) is 1.89. The van der Waals surface area contributed by atoms with E-state index < -0.39 is 4.92 Å². The summed E-state index contributed by atoms with van der Waals surface area (Å²) in [5, 5.41) is 10.2. The second-order valence-corrected chi connectivity index (χ2v) is 2.35. The lowest BCUT2D eigenvalue weighted by Gasteiger charge is -1.96. The molecule has 0 saturated carbocycles. The zero-order chi connectivity index (χ0) is 8.43. The van der Waals surface area contributed by atoms with Crippen molar-refractivity contribution in [3.05, 3.63) is 28.1 Å². The van der Waals surface area contributed by atoms with Gasteiger partial charge in [0.1, 0.15) is 14.0 Å². The molecule has 0 fully saturated rings. The summed E-state index contributed by atoms with van der Waals surface area (Å²) in [6.45, 7) is 1.82. The molecule has 0 radical (unpaired) electrons. The van der Waals surface area contributed by atoms with E-state index in [1.54, 1.807) is 7.85 Å². The molecule has 1 aromatic rings. The monoisotopic (exact) mass is 150 g/mol. The highest BCUT2D eigenvalue weighted by Gasteiger charge is 2.05. The Bertz CT molecular complexity index is 301. The molecule has 1 heterocycles. The molecule has 0 aliphatic rings. The molecule has 1 aromatic heterocycles. The molecule has 0 spiro atoms. The van der Waals surface area contributed by atoms with Gasteiger partial charge in [0.15, 0.2) is 0 Å². The van der Waals surface area contributed by atoms with Gasteiger partial charge in [0.25, 0.3) is 5.69 Å². The maximum Gasteiger partial charge on any atom is 0.287 e. The van der Waals surface area contributed by atoms with Crippen LogP contribution in [0.3, 0.4) is 0 Å². The minimum Gasteiger partial charge on any atom is -0.258 e. The SMILES string of the molecule is Bc1cc([N+](=O)[O-])cnc1C. The second-order valence-electron chi connectivity index (χ2n) is 2.35. The van der Waals surface area contributed by atoms with Crippen LogP contribution in [0.15, 0.2) is 12.3 Å². The van der Waals surface area contributed by atoms with E-state index in [0.29, 0.717) is 0 Å². The molecule has 0 saturated heterocycles. The Hall–Kier alpha value is -1.39. The van der Waals surface area contributed by atoms with Crippen LogP contribution in [0.1, 0.15) is 5.69 Å². The van der Waals surface area contributed by atoms with Gasteiger partial charge in [-0.15, -0.1) is 0 Å². The van der Waals surface area contributed by atoms with Crippen LogP contribution in [0.25, 0.3) is 0 Å². The highest BCUT2D eigenvalue weighted by Crippen LogP contribution is 2.05. The molecule has 0 unspecified atom stereocenters. The van der Waals surface area contributed by atoms with Gasteiger partial charge in [-0.1, -0.05) is 5.46 Å². The van der Waals surface area contributed by atoms with Crippen molar-refractivity contribution >= 4 is 19.0 Å². The fourth-order valence-electron chi connectivity index (χ4n) is 0.728. The van der Waals surface area contributed by atoms with Crippen molar-refractivity contribution in [2.45, 2.75) is 6.92 Å². The zero-order valence-electron chi connectivity index (χ0n) is 6.37. The van der Waals surface area contributed by atoms with E-state index in [2.05, 4.69) is 4.98 Å². The van der Waals surface area contributed by atoms with Gasteiger partial charge < -0.3 is 0 Å². The summed E-state index contributed by atoms with van der Waals surface area (Å²) in [4.78, 5) is 13.6. The van der Waals surface area contributed by atoms with Gasteiger partial charge in [-0.05, 0) is 6.92 Å². The van der Waals surface area contributed by atoms with Gasteiger partial charge in [-0.2, -0.15) is 0 Å². The highest BCUT2D eigenvalue weighted by atomic mass is 16.6. The van der Waals surface area contributed by atoms with Gasteiger partial charge in [0, 0.05) is 11.8 Å². The normalized spacial score (nSPS) is 9.55. The average Bonchev–Trinajstić information content (AvgIpc) is 1.94. The summed E-state index contributed by atoms with van der Waals surface area (Å²) in [5.74, 6) is 0. The maximum atomic E-state index is 10.2. The van der Waals surface area contributed by atoms with E-state index in [0.717, 1.165) is 11.2 Å². The lowest BCUT2D eigenvalue weighted by molar-refractivity contribution is -0.385. The van der Waals surface area contributed by atoms with Crippen LogP contribution in [0, 0.1) is 17.0 Å². The molecule has 5 heteroatoms. The van der Waals surface area contributed by atoms with Gasteiger partial charge in [0.05, 0.1) is 4.92 Å². The summed E-state index contributed by atoms with van der Waals surface area (Å²) in [6, 6.07) is 1.52. The van der Waals surface area contributed by atoms with E-state index in [9.17, 15) is 10.1 Å². The number of hydrogen-bond donors (Lipinski definition) is 0. The van der Waals surface area contributed by atoms with Gasteiger partial charge in [0.2, 0.25) is 0 Å². The Morgan fingerprint density at radius 1 is 1.73 bits per heavy atom. The number of rotatable bonds is 1. The lowest BCUT2D eigenvalue weighted by atomic mass is 9.95. The van der Waals surface area contributed by atoms with Crippen molar-refractivity contribution in [3.8, 4) is 0 Å². The molecule has 0 aliphatic heterocycles. The molecule has 0 amide bonds. The van der Waals surface area contributed by atoms with Gasteiger partial charge in [-0.25, -0.2) is 0 Å². The minimum atomic E-state index is -0.445. The molecular weight excluding hydrogens is 143 g/mol. The van der Waals surface area contributed by atoms with Crippen molar-refractivity contribution in [1.29, 1.82) is 0 Å². The van der Waals surface area contributed by atoms with Crippen LogP contribution in [-0.2, 0) is 0 Å². The average molecular weight is 150 g/mol. The van der Waals surface area contributed by atoms with Gasteiger partial charge in [-0.3, -0.25) is 15.1 Å². The first-order valence-corrected chi connectivity index (χ1v) is 3.19. The fraction of sp³-hybridized carbons (Fsp3) is 0.167. The standard InChI is InChI=1S/C6H7BN2O2/c1-4-6(7)2-5(3-8-4)9(10)11/h2-3H,7H2,1H3. The van der Waals surface area contributed by atoms with Crippen molar-refractivity contribution in [3.63, 3.8) is 0 Å². The molecule has 4 nitrogen and oxygen atoms in total. The summed E-state index contributed by atoms with van der Waals surface area (Å²) in [5.41, 5.74) is 1.72. The van der Waals surface area contributed by atoms with Crippen molar-refractivity contribution in [2.75, 3.05) is 0 Å². The van der Waals surface area contributed by atoms with Crippen molar-refractivity contribution in [2.24, 2.45) is 0 Å². The second kappa shape index (κ2) is 2.69. The van der Waals surface area contributed by atoms with Crippen LogP contribution in [0.2, 0.25) is 0 Å². The third kappa shape index (κ3) is 1.55. The first-order valence-electron chi connectivity index (χ1n) is 3.19. The van der Waals surface area contributed by atoms with Crippen LogP contribution >= 0.6 is 0 Å². The number of nitrogens with zero attached hydrogens (tertiary/aromatic N) is 2. The number of aryl methyl sites for hydroxylation is 1. The third-order valence-corrected chi connectivity index (χ3v) is 1.54. The Morgan fingerprint density at radius 3 is 2.82 bits per heavy atom. The summed E-state index contributed by atoms with van der Waals surface area (Å²) >= 11 is 0. The number of nitro groups is 1. The molecule has 56 valence electrons. The molecule has 0 atom stereocenters. The molecule has 1 rings (SSSR count). The van der Waals surface area contributed by atoms with E-state index in [-0.39, 0.29) is 5.69 Å². The summed E-state index contributed by atoms with van der Waals surface area (Å²) in [6.07, 6.45) is 1.27. The van der Waals surface area contributed by atoms with Crippen molar-refractivity contribution in [1.82, 2.24) is 4.98 Å². The Morgan fingerprint density at radius 2 is 2.36 bits per heavy atom. The first-order chi connectivity index (χ1) is 5.11. The Labute approximate surface area is 64.8 Å². The third-order valence-electron chi connectivity index (χ3n) is 1.54. The quantitative estimate of drug-likeness (QED) is 0.309.